The van der Waals surface area contributed by atoms with Crippen molar-refractivity contribution in [2.24, 2.45) is 5.92 Å². The van der Waals surface area contributed by atoms with Crippen molar-refractivity contribution in [1.29, 1.82) is 0 Å². The zero-order chi connectivity index (χ0) is 30.9. The quantitative estimate of drug-likeness (QED) is 0.316. The lowest BCUT2D eigenvalue weighted by Gasteiger charge is -2.34. The fourth-order valence-electron chi connectivity index (χ4n) is 5.11. The van der Waals surface area contributed by atoms with E-state index < -0.39 is 6.03 Å². The van der Waals surface area contributed by atoms with Gasteiger partial charge in [0, 0.05) is 42.5 Å². The molecule has 1 aliphatic heterocycles. The maximum absolute atomic E-state index is 13.5. The van der Waals surface area contributed by atoms with E-state index in [1.807, 2.05) is 38.2 Å². The van der Waals surface area contributed by atoms with E-state index in [0.29, 0.717) is 48.1 Å². The molecule has 0 aromatic heterocycles. The Hall–Kier alpha value is -4.28. The average Bonchev–Trinajstić information content (AvgIpc) is 3.04. The lowest BCUT2D eigenvalue weighted by molar-refractivity contribution is -0.134. The van der Waals surface area contributed by atoms with Crippen molar-refractivity contribution in [3.8, 4) is 17.2 Å². The van der Waals surface area contributed by atoms with Gasteiger partial charge in [-0.25, -0.2) is 4.79 Å². The van der Waals surface area contributed by atoms with Crippen molar-refractivity contribution in [3.05, 3.63) is 77.9 Å². The molecule has 3 aromatic rings. The van der Waals surface area contributed by atoms with Gasteiger partial charge in [0.25, 0.3) is 0 Å². The Bertz CT molecular complexity index is 1360. The van der Waals surface area contributed by atoms with Gasteiger partial charge in [0.05, 0.1) is 33.3 Å². The van der Waals surface area contributed by atoms with Crippen LogP contribution in [-0.4, -0.2) is 80.0 Å². The van der Waals surface area contributed by atoms with Crippen molar-refractivity contribution in [3.63, 3.8) is 0 Å². The number of hydrogen-bond acceptors (Lipinski definition) is 7. The first-order valence-electron chi connectivity index (χ1n) is 14.4. The number of fused-ring (bicyclic) bond motifs is 1. The number of likely N-dealkylation sites (N-methyl/N-ethyl adjacent to an activating group) is 1. The summed E-state index contributed by atoms with van der Waals surface area (Å²) in [5.74, 6) is 1.98. The molecule has 1 aliphatic rings. The van der Waals surface area contributed by atoms with Crippen LogP contribution in [0.5, 0.6) is 17.2 Å². The highest BCUT2D eigenvalue weighted by molar-refractivity contribution is 6.00. The Labute approximate surface area is 253 Å². The third-order valence-electron chi connectivity index (χ3n) is 7.63. The Kier molecular flexibility index (Phi) is 10.9. The van der Waals surface area contributed by atoms with Crippen LogP contribution in [0.15, 0.2) is 66.7 Å². The summed E-state index contributed by atoms with van der Waals surface area (Å²) in [5, 5.41) is 15.6. The molecule has 1 heterocycles. The zero-order valence-corrected chi connectivity index (χ0v) is 25.5. The molecule has 0 spiro atoms. The van der Waals surface area contributed by atoms with Crippen molar-refractivity contribution in [2.45, 2.75) is 39.0 Å². The summed E-state index contributed by atoms with van der Waals surface area (Å²) in [6.07, 6.45) is -0.158. The van der Waals surface area contributed by atoms with E-state index in [0.717, 1.165) is 11.3 Å². The van der Waals surface area contributed by atoms with Gasteiger partial charge in [0.15, 0.2) is 0 Å². The maximum atomic E-state index is 13.5. The molecule has 0 unspecified atom stereocenters. The molecule has 10 nitrogen and oxygen atoms in total. The van der Waals surface area contributed by atoms with Crippen LogP contribution >= 0.6 is 0 Å². The monoisotopic (exact) mass is 590 g/mol. The van der Waals surface area contributed by atoms with Crippen LogP contribution in [-0.2, 0) is 17.8 Å². The molecule has 3 aromatic carbocycles. The topological polar surface area (TPSA) is 113 Å². The van der Waals surface area contributed by atoms with Crippen LogP contribution in [0.2, 0.25) is 0 Å². The first kappa shape index (κ1) is 31.7. The second-order valence-corrected chi connectivity index (χ2v) is 11.1. The molecule has 0 saturated heterocycles. The van der Waals surface area contributed by atoms with Gasteiger partial charge in [-0.3, -0.25) is 9.69 Å². The average molecular weight is 591 g/mol. The molecule has 0 saturated carbocycles. The Morgan fingerprint density at radius 3 is 2.26 bits per heavy atom. The number of aliphatic hydroxyl groups excluding tert-OH is 1. The van der Waals surface area contributed by atoms with Crippen molar-refractivity contribution < 1.29 is 28.9 Å². The van der Waals surface area contributed by atoms with Crippen molar-refractivity contribution in [2.75, 3.05) is 51.6 Å². The molecule has 0 fully saturated rings. The molecular weight excluding hydrogens is 548 g/mol. The van der Waals surface area contributed by atoms with Gasteiger partial charge in [0.1, 0.15) is 23.4 Å². The SMILES string of the molecule is COc1ccc(CN(C)C[C@@H]2Oc3ccc(NC(=O)Nc4ccc(OC)cc4)cc3CC(=O)N([C@@H](C)CO)C[C@H]2C)cc1. The smallest absolute Gasteiger partial charge is 0.323 e. The first-order valence-corrected chi connectivity index (χ1v) is 14.4. The second-order valence-electron chi connectivity index (χ2n) is 11.1. The summed E-state index contributed by atoms with van der Waals surface area (Å²) in [5.41, 5.74) is 2.96. The summed E-state index contributed by atoms with van der Waals surface area (Å²) in [6, 6.07) is 19.6. The maximum Gasteiger partial charge on any atom is 0.323 e. The van der Waals surface area contributed by atoms with E-state index in [2.05, 4.69) is 22.5 Å². The van der Waals surface area contributed by atoms with Gasteiger partial charge in [-0.2, -0.15) is 0 Å². The van der Waals surface area contributed by atoms with Crippen LogP contribution < -0.4 is 24.8 Å². The second kappa shape index (κ2) is 14.8. The standard InChI is InChI=1S/C33H42N4O6/c1-22-18-37(23(2)21-38)32(39)17-25-16-27(35-33(40)34-26-8-13-29(42-5)14-9-26)10-15-30(25)43-31(22)20-36(3)19-24-6-11-28(41-4)12-7-24/h6-16,22-23,31,38H,17-21H2,1-5H3,(H2,34,35,40)/t22-,23+,31+/m1/s1. The van der Waals surface area contributed by atoms with E-state index >= 15 is 0 Å². The summed E-state index contributed by atoms with van der Waals surface area (Å²) in [4.78, 5) is 30.2. The Morgan fingerprint density at radius 2 is 1.63 bits per heavy atom. The number of carbonyl (C=O) groups is 2. The number of carbonyl (C=O) groups excluding carboxylic acids is 2. The van der Waals surface area contributed by atoms with E-state index in [9.17, 15) is 14.7 Å². The summed E-state index contributed by atoms with van der Waals surface area (Å²) in [6.45, 7) is 5.56. The number of rotatable bonds is 10. The van der Waals surface area contributed by atoms with Gasteiger partial charge in [-0.1, -0.05) is 19.1 Å². The molecule has 3 atom stereocenters. The number of amides is 3. The van der Waals surface area contributed by atoms with E-state index in [1.54, 1.807) is 61.6 Å². The Morgan fingerprint density at radius 1 is 1.02 bits per heavy atom. The molecule has 4 rings (SSSR count). The fourth-order valence-corrected chi connectivity index (χ4v) is 5.11. The van der Waals surface area contributed by atoms with Crippen LogP contribution in [0, 0.1) is 5.92 Å². The minimum atomic E-state index is -0.414. The highest BCUT2D eigenvalue weighted by Crippen LogP contribution is 2.29. The van der Waals surface area contributed by atoms with Crippen molar-refractivity contribution in [1.82, 2.24) is 9.80 Å². The highest BCUT2D eigenvalue weighted by Gasteiger charge is 2.31. The molecule has 0 aliphatic carbocycles. The van der Waals surface area contributed by atoms with Gasteiger partial charge in [-0.05, 0) is 74.1 Å². The minimum Gasteiger partial charge on any atom is -0.497 e. The number of nitrogens with zero attached hydrogens (tertiary/aromatic N) is 2. The normalized spacial score (nSPS) is 17.6. The number of hydrogen-bond donors (Lipinski definition) is 3. The number of ether oxygens (including phenoxy) is 3. The van der Waals surface area contributed by atoms with Gasteiger partial charge >= 0.3 is 6.03 Å². The molecule has 0 radical (unpaired) electrons. The number of nitrogens with one attached hydrogen (secondary N) is 2. The molecule has 43 heavy (non-hydrogen) atoms. The molecule has 0 bridgehead atoms. The molecule has 230 valence electrons. The first-order chi connectivity index (χ1) is 20.7. The number of methoxy groups -OCH3 is 2. The fraction of sp³-hybridized carbons (Fsp3) is 0.394. The van der Waals surface area contributed by atoms with Crippen LogP contribution in [0.4, 0.5) is 16.2 Å². The van der Waals surface area contributed by atoms with Gasteiger partial charge in [-0.15, -0.1) is 0 Å². The zero-order valence-electron chi connectivity index (χ0n) is 25.5. The molecular formula is C33H42N4O6. The van der Waals surface area contributed by atoms with Crippen LogP contribution in [0.3, 0.4) is 0 Å². The predicted molar refractivity (Wildman–Crippen MR) is 167 cm³/mol. The molecule has 3 N–H and O–H groups in total. The Balaban J connectivity index is 1.53. The van der Waals surface area contributed by atoms with Gasteiger partial charge in [0.2, 0.25) is 5.91 Å². The molecule has 3 amide bonds. The third kappa shape index (κ3) is 8.62. The largest absolute Gasteiger partial charge is 0.497 e. The summed E-state index contributed by atoms with van der Waals surface area (Å²) in [7, 11) is 5.28. The van der Waals surface area contributed by atoms with Crippen LogP contribution in [0.1, 0.15) is 25.0 Å². The van der Waals surface area contributed by atoms with E-state index in [1.165, 1.54) is 0 Å². The predicted octanol–water partition coefficient (Wildman–Crippen LogP) is 4.63. The number of aliphatic hydroxyl groups is 1. The summed E-state index contributed by atoms with van der Waals surface area (Å²) >= 11 is 0. The van der Waals surface area contributed by atoms with Gasteiger partial charge < -0.3 is 34.9 Å². The van der Waals surface area contributed by atoms with Crippen LogP contribution in [0.25, 0.3) is 0 Å². The van der Waals surface area contributed by atoms with E-state index in [-0.39, 0.29) is 37.0 Å². The lowest BCUT2D eigenvalue weighted by Crippen LogP contribution is -2.47. The third-order valence-corrected chi connectivity index (χ3v) is 7.63. The number of urea groups is 1. The number of anilines is 2. The highest BCUT2D eigenvalue weighted by atomic mass is 16.5. The number of benzene rings is 3. The van der Waals surface area contributed by atoms with Crippen molar-refractivity contribution >= 4 is 23.3 Å². The summed E-state index contributed by atoms with van der Waals surface area (Å²) < 4.78 is 17.1. The molecule has 10 heteroatoms. The lowest BCUT2D eigenvalue weighted by atomic mass is 10.0. The minimum absolute atomic E-state index is 0.0182. The van der Waals surface area contributed by atoms with E-state index in [4.69, 9.17) is 14.2 Å².